The lowest BCUT2D eigenvalue weighted by atomic mass is 10.1. The molecule has 1 amide bonds. The van der Waals surface area contributed by atoms with Gasteiger partial charge in [-0.3, -0.25) is 4.79 Å². The largest absolute Gasteiger partial charge is 0.378 e. The molecule has 8 heteroatoms. The van der Waals surface area contributed by atoms with Gasteiger partial charge in [0.05, 0.1) is 30.8 Å². The highest BCUT2D eigenvalue weighted by atomic mass is 16.5. The van der Waals surface area contributed by atoms with E-state index in [0.717, 1.165) is 54.6 Å². The quantitative estimate of drug-likeness (QED) is 0.276. The van der Waals surface area contributed by atoms with Gasteiger partial charge >= 0.3 is 0 Å². The lowest BCUT2D eigenvalue weighted by Crippen LogP contribution is -2.36. The van der Waals surface area contributed by atoms with Gasteiger partial charge in [0.15, 0.2) is 0 Å². The Morgan fingerprint density at radius 1 is 0.892 bits per heavy atom. The van der Waals surface area contributed by atoms with E-state index >= 15 is 0 Å². The molecule has 0 bridgehead atoms. The number of nitrogens with one attached hydrogen (secondary N) is 3. The summed E-state index contributed by atoms with van der Waals surface area (Å²) in [5.41, 5.74) is 5.85. The summed E-state index contributed by atoms with van der Waals surface area (Å²) in [6.07, 6.45) is 3.01. The molecule has 1 aliphatic rings. The molecule has 1 fully saturated rings. The van der Waals surface area contributed by atoms with Crippen molar-refractivity contribution in [3.63, 3.8) is 0 Å². The summed E-state index contributed by atoms with van der Waals surface area (Å²) >= 11 is 0. The van der Waals surface area contributed by atoms with Crippen LogP contribution in [0.25, 0.3) is 11.3 Å². The maximum Gasteiger partial charge on any atom is 0.247 e. The summed E-state index contributed by atoms with van der Waals surface area (Å²) in [7, 11) is 0. The van der Waals surface area contributed by atoms with Crippen LogP contribution in [0.5, 0.6) is 0 Å². The topological polar surface area (TPSA) is 91.4 Å². The van der Waals surface area contributed by atoms with E-state index in [2.05, 4.69) is 44.5 Å². The van der Waals surface area contributed by atoms with Crippen molar-refractivity contribution in [3.05, 3.63) is 97.7 Å². The number of nitrogens with zero attached hydrogens (tertiary/aromatic N) is 3. The number of para-hydroxylation sites is 1. The number of amides is 1. The van der Waals surface area contributed by atoms with E-state index in [1.807, 2.05) is 66.7 Å². The lowest BCUT2D eigenvalue weighted by Gasteiger charge is -2.29. The predicted molar refractivity (Wildman–Crippen MR) is 149 cm³/mol. The number of carbonyl (C=O) groups is 1. The third-order valence-corrected chi connectivity index (χ3v) is 5.91. The zero-order valence-electron chi connectivity index (χ0n) is 20.4. The molecule has 8 nitrogen and oxygen atoms in total. The van der Waals surface area contributed by atoms with Crippen molar-refractivity contribution < 1.29 is 9.53 Å². The summed E-state index contributed by atoms with van der Waals surface area (Å²) in [6, 6.07) is 25.6. The Morgan fingerprint density at radius 3 is 2.46 bits per heavy atom. The number of morpholine rings is 1. The molecule has 1 saturated heterocycles. The second kappa shape index (κ2) is 11.4. The van der Waals surface area contributed by atoms with Crippen LogP contribution in [-0.4, -0.2) is 42.2 Å². The van der Waals surface area contributed by atoms with E-state index in [9.17, 15) is 4.79 Å². The number of aromatic nitrogens is 2. The van der Waals surface area contributed by atoms with Crippen molar-refractivity contribution >= 4 is 40.3 Å². The molecule has 0 spiro atoms. The Kier molecular flexibility index (Phi) is 7.38. The standard InChI is InChI=1S/C29H28N6O2/c1-2-27(36)32-23-11-6-8-21(18-23)28-26(31-22-9-4-3-5-10-22)20-30-29(34-28)33-24-12-7-13-25(19-24)35-14-16-37-17-15-35/h2-13,18-20,31H,1,14-17H2,(H,32,36)(H,30,33,34). The maximum atomic E-state index is 11.8. The number of rotatable bonds is 8. The van der Waals surface area contributed by atoms with Gasteiger partial charge in [-0.25, -0.2) is 9.97 Å². The lowest BCUT2D eigenvalue weighted by molar-refractivity contribution is -0.111. The summed E-state index contributed by atoms with van der Waals surface area (Å²) in [5.74, 6) is 0.193. The average Bonchev–Trinajstić information content (AvgIpc) is 2.95. The van der Waals surface area contributed by atoms with Gasteiger partial charge in [-0.15, -0.1) is 0 Å². The average molecular weight is 493 g/mol. The van der Waals surface area contributed by atoms with Crippen LogP contribution in [0.4, 0.5) is 34.4 Å². The fraction of sp³-hybridized carbons (Fsp3) is 0.138. The molecule has 0 saturated carbocycles. The SMILES string of the molecule is C=CC(=O)Nc1cccc(-c2nc(Nc3cccc(N4CCOCC4)c3)ncc2Nc2ccccc2)c1. The Labute approximate surface area is 216 Å². The molecule has 1 aliphatic heterocycles. The Hall–Kier alpha value is -4.69. The van der Waals surface area contributed by atoms with Crippen LogP contribution < -0.4 is 20.9 Å². The first kappa shape index (κ1) is 24.0. The summed E-state index contributed by atoms with van der Waals surface area (Å²) in [4.78, 5) is 23.6. The molecule has 5 rings (SSSR count). The molecule has 37 heavy (non-hydrogen) atoms. The fourth-order valence-electron chi connectivity index (χ4n) is 4.10. The number of ether oxygens (including phenoxy) is 1. The van der Waals surface area contributed by atoms with Crippen LogP contribution in [0, 0.1) is 0 Å². The van der Waals surface area contributed by atoms with Crippen LogP contribution in [0.15, 0.2) is 97.7 Å². The van der Waals surface area contributed by atoms with Crippen molar-refractivity contribution in [2.45, 2.75) is 0 Å². The van der Waals surface area contributed by atoms with E-state index in [0.29, 0.717) is 17.3 Å². The van der Waals surface area contributed by atoms with Crippen molar-refractivity contribution in [3.8, 4) is 11.3 Å². The van der Waals surface area contributed by atoms with Crippen LogP contribution in [0.2, 0.25) is 0 Å². The van der Waals surface area contributed by atoms with Gasteiger partial charge in [-0.05, 0) is 48.5 Å². The van der Waals surface area contributed by atoms with Crippen molar-refractivity contribution in [1.29, 1.82) is 0 Å². The van der Waals surface area contributed by atoms with Gasteiger partial charge in [0.1, 0.15) is 0 Å². The molecule has 0 radical (unpaired) electrons. The zero-order valence-corrected chi connectivity index (χ0v) is 20.4. The smallest absolute Gasteiger partial charge is 0.247 e. The van der Waals surface area contributed by atoms with Crippen LogP contribution in [0.1, 0.15) is 0 Å². The minimum atomic E-state index is -0.273. The first-order valence-corrected chi connectivity index (χ1v) is 12.1. The van der Waals surface area contributed by atoms with Gasteiger partial charge in [-0.1, -0.05) is 43.0 Å². The van der Waals surface area contributed by atoms with Crippen molar-refractivity contribution in [2.24, 2.45) is 0 Å². The molecule has 0 unspecified atom stereocenters. The summed E-state index contributed by atoms with van der Waals surface area (Å²) in [6.45, 7) is 6.71. The van der Waals surface area contributed by atoms with Crippen LogP contribution >= 0.6 is 0 Å². The predicted octanol–water partition coefficient (Wildman–Crippen LogP) is 5.59. The zero-order chi connectivity index (χ0) is 25.5. The maximum absolute atomic E-state index is 11.8. The molecule has 186 valence electrons. The van der Waals surface area contributed by atoms with E-state index in [1.165, 1.54) is 6.08 Å². The molecule has 0 atom stereocenters. The number of carbonyl (C=O) groups excluding carboxylic acids is 1. The van der Waals surface area contributed by atoms with Crippen molar-refractivity contribution in [1.82, 2.24) is 9.97 Å². The van der Waals surface area contributed by atoms with Gasteiger partial charge in [0.25, 0.3) is 0 Å². The molecule has 3 N–H and O–H groups in total. The van der Waals surface area contributed by atoms with Crippen LogP contribution in [-0.2, 0) is 9.53 Å². The first-order chi connectivity index (χ1) is 18.2. The second-order valence-corrected chi connectivity index (χ2v) is 8.50. The van der Waals surface area contributed by atoms with Gasteiger partial charge in [0, 0.05) is 41.4 Å². The molecule has 3 aromatic carbocycles. The molecule has 1 aromatic heterocycles. The van der Waals surface area contributed by atoms with Gasteiger partial charge in [-0.2, -0.15) is 0 Å². The molecule has 0 aliphatic carbocycles. The van der Waals surface area contributed by atoms with Gasteiger partial charge in [0.2, 0.25) is 11.9 Å². The van der Waals surface area contributed by atoms with Gasteiger partial charge < -0.3 is 25.6 Å². The third-order valence-electron chi connectivity index (χ3n) is 5.91. The minimum Gasteiger partial charge on any atom is -0.378 e. The molecule has 2 heterocycles. The molecular weight excluding hydrogens is 464 g/mol. The molecule has 4 aromatic rings. The summed E-state index contributed by atoms with van der Waals surface area (Å²) in [5, 5.41) is 9.57. The van der Waals surface area contributed by atoms with Crippen molar-refractivity contribution in [2.75, 3.05) is 47.2 Å². The number of hydrogen-bond donors (Lipinski definition) is 3. The highest BCUT2D eigenvalue weighted by Crippen LogP contribution is 2.31. The highest BCUT2D eigenvalue weighted by molar-refractivity contribution is 5.99. The Bertz CT molecular complexity index is 1390. The second-order valence-electron chi connectivity index (χ2n) is 8.50. The Balaban J connectivity index is 1.47. The normalized spacial score (nSPS) is 13.0. The number of anilines is 6. The van der Waals surface area contributed by atoms with E-state index < -0.39 is 0 Å². The van der Waals surface area contributed by atoms with E-state index in [-0.39, 0.29) is 5.91 Å². The highest BCUT2D eigenvalue weighted by Gasteiger charge is 2.14. The monoisotopic (exact) mass is 492 g/mol. The van der Waals surface area contributed by atoms with Crippen LogP contribution in [0.3, 0.4) is 0 Å². The summed E-state index contributed by atoms with van der Waals surface area (Å²) < 4.78 is 5.48. The minimum absolute atomic E-state index is 0.273. The number of hydrogen-bond acceptors (Lipinski definition) is 7. The van der Waals surface area contributed by atoms with E-state index in [4.69, 9.17) is 9.72 Å². The van der Waals surface area contributed by atoms with E-state index in [1.54, 1.807) is 6.20 Å². The fourth-order valence-corrected chi connectivity index (χ4v) is 4.10. The number of benzene rings is 3. The molecular formula is C29H28N6O2. The first-order valence-electron chi connectivity index (χ1n) is 12.1. The Morgan fingerprint density at radius 2 is 1.65 bits per heavy atom. The third kappa shape index (κ3) is 6.12.